The molecule has 0 unspecified atom stereocenters. The minimum absolute atomic E-state index is 0.388. The fourth-order valence-corrected chi connectivity index (χ4v) is 2.47. The molecule has 0 saturated carbocycles. The topological polar surface area (TPSA) is 66.0 Å². The highest BCUT2D eigenvalue weighted by atomic mass is 16.5. The number of nitrogens with two attached hydrogens (primary N) is 1. The summed E-state index contributed by atoms with van der Waals surface area (Å²) >= 11 is 0. The van der Waals surface area contributed by atoms with Crippen molar-refractivity contribution in [3.63, 3.8) is 0 Å². The molecule has 3 aromatic rings. The summed E-state index contributed by atoms with van der Waals surface area (Å²) in [5.41, 5.74) is 6.93. The first kappa shape index (κ1) is 13.6. The second kappa shape index (κ2) is 5.93. The van der Waals surface area contributed by atoms with Gasteiger partial charge in [0.15, 0.2) is 5.82 Å². The molecule has 0 saturated heterocycles. The van der Waals surface area contributed by atoms with Gasteiger partial charge < -0.3 is 10.5 Å². The number of hydrogen-bond donors (Lipinski definition) is 1. The van der Waals surface area contributed by atoms with Crippen LogP contribution in [0.25, 0.3) is 10.8 Å². The van der Waals surface area contributed by atoms with Gasteiger partial charge in [-0.2, -0.15) is 5.10 Å². The molecule has 21 heavy (non-hydrogen) atoms. The third-order valence-electron chi connectivity index (χ3n) is 3.55. The number of aryl methyl sites for hydroxylation is 1. The van der Waals surface area contributed by atoms with Gasteiger partial charge in [0.05, 0.1) is 0 Å². The summed E-state index contributed by atoms with van der Waals surface area (Å²) in [6.07, 6.45) is 1.55. The Balaban J connectivity index is 1.90. The lowest BCUT2D eigenvalue weighted by molar-refractivity contribution is 0.285. The average Bonchev–Trinajstić information content (AvgIpc) is 2.99. The summed E-state index contributed by atoms with van der Waals surface area (Å²) in [5.74, 6) is 1.62. The lowest BCUT2D eigenvalue weighted by Crippen LogP contribution is -2.09. The predicted molar refractivity (Wildman–Crippen MR) is 81.9 cm³/mol. The van der Waals surface area contributed by atoms with Crippen LogP contribution in [0.5, 0.6) is 5.75 Å². The first-order valence-corrected chi connectivity index (χ1v) is 7.03. The van der Waals surface area contributed by atoms with E-state index in [1.807, 2.05) is 35.9 Å². The molecule has 3 rings (SSSR count). The molecule has 1 heterocycles. The maximum atomic E-state index is 5.92. The van der Waals surface area contributed by atoms with E-state index in [0.717, 1.165) is 29.1 Å². The number of nitrogens with zero attached hydrogens (tertiary/aromatic N) is 3. The van der Waals surface area contributed by atoms with Crippen LogP contribution in [-0.4, -0.2) is 14.8 Å². The fourth-order valence-electron chi connectivity index (χ4n) is 2.47. The van der Waals surface area contributed by atoms with Crippen molar-refractivity contribution < 1.29 is 4.74 Å². The zero-order valence-electron chi connectivity index (χ0n) is 12.0. The van der Waals surface area contributed by atoms with E-state index >= 15 is 0 Å². The molecule has 0 fully saturated rings. The summed E-state index contributed by atoms with van der Waals surface area (Å²) < 4.78 is 7.74. The summed E-state index contributed by atoms with van der Waals surface area (Å²) in [4.78, 5) is 4.22. The third-order valence-corrected chi connectivity index (χ3v) is 3.55. The van der Waals surface area contributed by atoms with E-state index in [-0.39, 0.29) is 0 Å². The summed E-state index contributed by atoms with van der Waals surface area (Å²) in [7, 11) is 0. The molecule has 108 valence electrons. The highest BCUT2D eigenvalue weighted by molar-refractivity contribution is 5.87. The zero-order chi connectivity index (χ0) is 14.7. The Morgan fingerprint density at radius 2 is 2.05 bits per heavy atom. The first-order chi connectivity index (χ1) is 10.3. The van der Waals surface area contributed by atoms with Crippen LogP contribution in [0.1, 0.15) is 18.3 Å². The van der Waals surface area contributed by atoms with Gasteiger partial charge in [0.2, 0.25) is 0 Å². The Morgan fingerprint density at radius 1 is 1.19 bits per heavy atom. The van der Waals surface area contributed by atoms with Crippen molar-refractivity contribution in [1.82, 2.24) is 14.8 Å². The van der Waals surface area contributed by atoms with Gasteiger partial charge in [0.1, 0.15) is 18.7 Å². The van der Waals surface area contributed by atoms with E-state index in [2.05, 4.69) is 22.2 Å². The van der Waals surface area contributed by atoms with Gasteiger partial charge in [0, 0.05) is 18.7 Å². The first-order valence-electron chi connectivity index (χ1n) is 7.03. The van der Waals surface area contributed by atoms with Gasteiger partial charge in [-0.25, -0.2) is 9.67 Å². The van der Waals surface area contributed by atoms with Crippen LogP contribution in [0.4, 0.5) is 0 Å². The number of benzene rings is 2. The molecular weight excluding hydrogens is 264 g/mol. The van der Waals surface area contributed by atoms with E-state index in [1.165, 1.54) is 5.39 Å². The molecule has 5 nitrogen and oxygen atoms in total. The summed E-state index contributed by atoms with van der Waals surface area (Å²) in [6.45, 7) is 3.63. The number of aromatic nitrogens is 3. The molecule has 0 amide bonds. The maximum absolute atomic E-state index is 5.92. The second-order valence-electron chi connectivity index (χ2n) is 4.75. The van der Waals surface area contributed by atoms with Crippen LogP contribution >= 0.6 is 0 Å². The van der Waals surface area contributed by atoms with Gasteiger partial charge in [-0.3, -0.25) is 0 Å². The van der Waals surface area contributed by atoms with Crippen molar-refractivity contribution in [3.05, 3.63) is 54.1 Å². The van der Waals surface area contributed by atoms with Crippen molar-refractivity contribution >= 4 is 10.8 Å². The molecule has 0 spiro atoms. The normalized spacial score (nSPS) is 11.0. The zero-order valence-corrected chi connectivity index (χ0v) is 12.0. The monoisotopic (exact) mass is 282 g/mol. The van der Waals surface area contributed by atoms with Crippen LogP contribution in [0.3, 0.4) is 0 Å². The number of hydrogen-bond acceptors (Lipinski definition) is 4. The van der Waals surface area contributed by atoms with Crippen LogP contribution < -0.4 is 10.5 Å². The number of rotatable bonds is 5. The predicted octanol–water partition coefficient (Wildman–Crippen LogP) is 2.49. The van der Waals surface area contributed by atoms with Crippen molar-refractivity contribution in [2.24, 2.45) is 5.73 Å². The Morgan fingerprint density at radius 3 is 2.86 bits per heavy atom. The Hall–Kier alpha value is -2.40. The van der Waals surface area contributed by atoms with Gasteiger partial charge in [0.25, 0.3) is 0 Å². The highest BCUT2D eigenvalue weighted by Gasteiger charge is 2.09. The number of ether oxygens (including phenoxy) is 1. The minimum atomic E-state index is 0.388. The molecule has 0 bridgehead atoms. The van der Waals surface area contributed by atoms with Crippen LogP contribution in [0, 0.1) is 0 Å². The SMILES string of the molecule is CCn1ncnc1COc1ccc2ccccc2c1CN. The lowest BCUT2D eigenvalue weighted by atomic mass is 10.0. The second-order valence-corrected chi connectivity index (χ2v) is 4.75. The fraction of sp³-hybridized carbons (Fsp3) is 0.250. The van der Waals surface area contributed by atoms with Crippen molar-refractivity contribution in [2.45, 2.75) is 26.6 Å². The molecule has 1 aromatic heterocycles. The van der Waals surface area contributed by atoms with Gasteiger partial charge in [-0.1, -0.05) is 30.3 Å². The molecular formula is C16H18N4O. The van der Waals surface area contributed by atoms with E-state index < -0.39 is 0 Å². The van der Waals surface area contributed by atoms with Crippen molar-refractivity contribution in [2.75, 3.05) is 0 Å². The molecule has 5 heteroatoms. The smallest absolute Gasteiger partial charge is 0.164 e. The van der Waals surface area contributed by atoms with E-state index in [9.17, 15) is 0 Å². The summed E-state index contributed by atoms with van der Waals surface area (Å²) in [6, 6.07) is 12.2. The quantitative estimate of drug-likeness (QED) is 0.780. The van der Waals surface area contributed by atoms with E-state index in [4.69, 9.17) is 10.5 Å². The average molecular weight is 282 g/mol. The largest absolute Gasteiger partial charge is 0.485 e. The van der Waals surface area contributed by atoms with E-state index in [1.54, 1.807) is 6.33 Å². The molecule has 0 radical (unpaired) electrons. The van der Waals surface area contributed by atoms with Crippen LogP contribution in [-0.2, 0) is 19.7 Å². The third kappa shape index (κ3) is 2.60. The van der Waals surface area contributed by atoms with Gasteiger partial charge in [-0.15, -0.1) is 0 Å². The molecule has 0 aliphatic carbocycles. The molecule has 2 aromatic carbocycles. The highest BCUT2D eigenvalue weighted by Crippen LogP contribution is 2.28. The molecule has 0 aliphatic rings. The molecule has 2 N–H and O–H groups in total. The van der Waals surface area contributed by atoms with E-state index in [0.29, 0.717) is 13.2 Å². The Kier molecular flexibility index (Phi) is 3.83. The Labute approximate surface area is 123 Å². The van der Waals surface area contributed by atoms with Crippen molar-refractivity contribution in [1.29, 1.82) is 0 Å². The maximum Gasteiger partial charge on any atom is 0.164 e. The van der Waals surface area contributed by atoms with Gasteiger partial charge in [-0.05, 0) is 23.8 Å². The van der Waals surface area contributed by atoms with Crippen LogP contribution in [0.2, 0.25) is 0 Å². The minimum Gasteiger partial charge on any atom is -0.485 e. The Bertz CT molecular complexity index is 751. The molecule has 0 aliphatic heterocycles. The van der Waals surface area contributed by atoms with Crippen molar-refractivity contribution in [3.8, 4) is 5.75 Å². The summed E-state index contributed by atoms with van der Waals surface area (Å²) in [5, 5.41) is 6.44. The molecule has 0 atom stereocenters. The standard InChI is InChI=1S/C16H18N4O/c1-2-20-16(18-11-19-20)10-21-15-8-7-12-5-3-4-6-13(12)14(15)9-17/h3-8,11H,2,9-10,17H2,1H3. The van der Waals surface area contributed by atoms with Gasteiger partial charge >= 0.3 is 0 Å². The lowest BCUT2D eigenvalue weighted by Gasteiger charge is -2.13. The van der Waals surface area contributed by atoms with Crippen LogP contribution in [0.15, 0.2) is 42.7 Å². The number of fused-ring (bicyclic) bond motifs is 1.